The second kappa shape index (κ2) is 2.71. The normalized spacial score (nSPS) is 16.3. The molecule has 2 nitrogen and oxygen atoms in total. The van der Waals surface area contributed by atoms with Gasteiger partial charge in [0, 0.05) is 24.6 Å². The summed E-state index contributed by atoms with van der Waals surface area (Å²) in [6.07, 6.45) is 6.37. The molecule has 0 radical (unpaired) electrons. The van der Waals surface area contributed by atoms with Crippen LogP contribution in [0.2, 0.25) is 0 Å². The minimum atomic E-state index is 0.980. The molecule has 0 saturated carbocycles. The van der Waals surface area contributed by atoms with Crippen LogP contribution in [0.1, 0.15) is 5.69 Å². The molecule has 0 bridgehead atoms. The van der Waals surface area contributed by atoms with Crippen molar-refractivity contribution in [3.63, 3.8) is 0 Å². The third-order valence-electron chi connectivity index (χ3n) is 1.87. The predicted octanol–water partition coefficient (Wildman–Crippen LogP) is 1.61. The van der Waals surface area contributed by atoms with E-state index in [0.717, 1.165) is 13.1 Å². The van der Waals surface area contributed by atoms with Gasteiger partial charge in [-0.15, -0.1) is 0 Å². The molecule has 11 heavy (non-hydrogen) atoms. The van der Waals surface area contributed by atoms with Crippen LogP contribution in [0.5, 0.6) is 0 Å². The minimum absolute atomic E-state index is 0.980. The Bertz CT molecular complexity index is 277. The molecule has 2 rings (SSSR count). The number of hydrogen-bond donors (Lipinski definition) is 0. The van der Waals surface area contributed by atoms with E-state index >= 15 is 0 Å². The zero-order valence-electron chi connectivity index (χ0n) is 6.27. The molecule has 0 saturated heterocycles. The van der Waals surface area contributed by atoms with Crippen molar-refractivity contribution in [1.29, 1.82) is 0 Å². The smallest absolute Gasteiger partial charge is 0.0609 e. The molecule has 0 amide bonds. The zero-order chi connectivity index (χ0) is 7.68. The average Bonchev–Trinajstić information content (AvgIpc) is 2.31. The predicted molar refractivity (Wildman–Crippen MR) is 48.8 cm³/mol. The van der Waals surface area contributed by atoms with E-state index in [0.29, 0.717) is 0 Å². The second-order valence-corrected chi connectivity index (χ2v) is 3.37. The Morgan fingerprint density at radius 1 is 1.45 bits per heavy atom. The number of hydrogen-bond acceptors (Lipinski definition) is 1. The lowest BCUT2D eigenvalue weighted by atomic mass is 10.4. The molecule has 1 aromatic heterocycles. The van der Waals surface area contributed by atoms with Gasteiger partial charge in [0.1, 0.15) is 0 Å². The molecule has 1 unspecified atom stereocenters. The SMILES string of the molecule is PN1C=CCn2cccc2C1. The van der Waals surface area contributed by atoms with Crippen LogP contribution in [-0.2, 0) is 13.1 Å². The lowest BCUT2D eigenvalue weighted by Gasteiger charge is -2.10. The Hall–Kier alpha value is -0.750. The first kappa shape index (κ1) is 6.93. The third-order valence-corrected chi connectivity index (χ3v) is 2.22. The van der Waals surface area contributed by atoms with Gasteiger partial charge in [-0.05, 0) is 27.6 Å². The van der Waals surface area contributed by atoms with Crippen molar-refractivity contribution in [3.05, 3.63) is 36.3 Å². The van der Waals surface area contributed by atoms with Crippen LogP contribution in [0.25, 0.3) is 0 Å². The summed E-state index contributed by atoms with van der Waals surface area (Å²) in [4.78, 5) is 0. The summed E-state index contributed by atoms with van der Waals surface area (Å²) in [5, 5.41) is 0. The topological polar surface area (TPSA) is 8.17 Å². The van der Waals surface area contributed by atoms with Gasteiger partial charge >= 0.3 is 0 Å². The van der Waals surface area contributed by atoms with E-state index in [1.54, 1.807) is 0 Å². The molecular weight excluding hydrogens is 155 g/mol. The number of nitrogens with zero attached hydrogens (tertiary/aromatic N) is 2. The van der Waals surface area contributed by atoms with Gasteiger partial charge < -0.3 is 9.24 Å². The van der Waals surface area contributed by atoms with Crippen LogP contribution >= 0.6 is 9.39 Å². The van der Waals surface area contributed by atoms with Crippen molar-refractivity contribution in [1.82, 2.24) is 9.24 Å². The van der Waals surface area contributed by atoms with Crippen LogP contribution in [0.4, 0.5) is 0 Å². The highest BCUT2D eigenvalue weighted by atomic mass is 31.0. The summed E-state index contributed by atoms with van der Waals surface area (Å²) in [7, 11) is 2.69. The van der Waals surface area contributed by atoms with Gasteiger partial charge in [-0.3, -0.25) is 0 Å². The maximum atomic E-state index is 2.69. The molecule has 2 heterocycles. The van der Waals surface area contributed by atoms with Gasteiger partial charge in [-0.2, -0.15) is 0 Å². The van der Waals surface area contributed by atoms with Gasteiger partial charge in [-0.25, -0.2) is 0 Å². The lowest BCUT2D eigenvalue weighted by molar-refractivity contribution is 0.599. The standard InChI is InChI=1S/C8H11N2P/c11-10-6-2-5-9-4-1-3-8(9)7-10/h1-4,6H,5,7,11H2. The maximum Gasteiger partial charge on any atom is 0.0609 e. The van der Waals surface area contributed by atoms with Crippen molar-refractivity contribution in [2.24, 2.45) is 0 Å². The molecule has 58 valence electrons. The van der Waals surface area contributed by atoms with Gasteiger partial charge in [0.15, 0.2) is 0 Å². The molecule has 1 aromatic rings. The average molecular weight is 166 g/mol. The van der Waals surface area contributed by atoms with Crippen molar-refractivity contribution >= 4 is 9.39 Å². The molecule has 0 aliphatic carbocycles. The summed E-state index contributed by atoms with van der Waals surface area (Å²) in [5.41, 5.74) is 1.37. The molecule has 0 aromatic carbocycles. The van der Waals surface area contributed by atoms with Gasteiger partial charge in [0.05, 0.1) is 6.54 Å². The summed E-state index contributed by atoms with van der Waals surface area (Å²) >= 11 is 0. The quantitative estimate of drug-likeness (QED) is 0.531. The molecule has 1 atom stereocenters. The van der Waals surface area contributed by atoms with Crippen LogP contribution in [0, 0.1) is 0 Å². The number of rotatable bonds is 0. The Morgan fingerprint density at radius 3 is 3.27 bits per heavy atom. The van der Waals surface area contributed by atoms with Gasteiger partial charge in [0.25, 0.3) is 0 Å². The van der Waals surface area contributed by atoms with E-state index in [2.05, 4.69) is 49.2 Å². The summed E-state index contributed by atoms with van der Waals surface area (Å²) in [6.45, 7) is 1.97. The first-order valence-corrected chi connectivity index (χ1v) is 4.20. The first-order valence-electron chi connectivity index (χ1n) is 3.68. The molecular formula is C8H11N2P. The molecule has 3 heteroatoms. The highest BCUT2D eigenvalue weighted by Gasteiger charge is 2.03. The number of aromatic nitrogens is 1. The molecule has 1 aliphatic rings. The fourth-order valence-electron chi connectivity index (χ4n) is 1.31. The monoisotopic (exact) mass is 166 g/mol. The van der Waals surface area contributed by atoms with Crippen LogP contribution in [-0.4, -0.2) is 9.24 Å². The van der Waals surface area contributed by atoms with E-state index < -0.39 is 0 Å². The zero-order valence-corrected chi connectivity index (χ0v) is 7.43. The van der Waals surface area contributed by atoms with Crippen molar-refractivity contribution in [2.75, 3.05) is 0 Å². The highest BCUT2D eigenvalue weighted by molar-refractivity contribution is 7.13. The highest BCUT2D eigenvalue weighted by Crippen LogP contribution is 2.13. The van der Waals surface area contributed by atoms with Crippen LogP contribution in [0.3, 0.4) is 0 Å². The fourth-order valence-corrected chi connectivity index (χ4v) is 1.62. The van der Waals surface area contributed by atoms with Crippen molar-refractivity contribution in [3.8, 4) is 0 Å². The van der Waals surface area contributed by atoms with Crippen molar-refractivity contribution < 1.29 is 0 Å². The number of allylic oxidation sites excluding steroid dienone is 1. The van der Waals surface area contributed by atoms with E-state index in [1.165, 1.54) is 5.69 Å². The van der Waals surface area contributed by atoms with E-state index in [-0.39, 0.29) is 0 Å². The fraction of sp³-hybridized carbons (Fsp3) is 0.250. The summed E-state index contributed by atoms with van der Waals surface area (Å²) in [6, 6.07) is 4.25. The first-order chi connectivity index (χ1) is 5.36. The Kier molecular flexibility index (Phi) is 1.71. The Morgan fingerprint density at radius 2 is 2.36 bits per heavy atom. The Balaban J connectivity index is 2.34. The van der Waals surface area contributed by atoms with Crippen LogP contribution in [0.15, 0.2) is 30.6 Å². The van der Waals surface area contributed by atoms with E-state index in [1.807, 2.05) is 0 Å². The minimum Gasteiger partial charge on any atom is -0.357 e. The van der Waals surface area contributed by atoms with E-state index in [4.69, 9.17) is 0 Å². The van der Waals surface area contributed by atoms with E-state index in [9.17, 15) is 0 Å². The molecule has 0 fully saturated rings. The lowest BCUT2D eigenvalue weighted by Crippen LogP contribution is -2.03. The third kappa shape index (κ3) is 1.31. The van der Waals surface area contributed by atoms with Crippen molar-refractivity contribution in [2.45, 2.75) is 13.1 Å². The van der Waals surface area contributed by atoms with Gasteiger partial charge in [0.2, 0.25) is 0 Å². The molecule has 1 aliphatic heterocycles. The molecule has 0 spiro atoms. The Labute approximate surface area is 68.8 Å². The summed E-state index contributed by atoms with van der Waals surface area (Å²) in [5.74, 6) is 0. The van der Waals surface area contributed by atoms with Crippen LogP contribution < -0.4 is 0 Å². The second-order valence-electron chi connectivity index (χ2n) is 2.71. The van der Waals surface area contributed by atoms with Gasteiger partial charge in [-0.1, -0.05) is 0 Å². The molecule has 0 N–H and O–H groups in total. The maximum absolute atomic E-state index is 2.69. The largest absolute Gasteiger partial charge is 0.357 e. The summed E-state index contributed by atoms with van der Waals surface area (Å²) < 4.78 is 4.36. The number of fused-ring (bicyclic) bond motifs is 1.